The number of fused-ring (bicyclic) bond motifs is 5. The minimum absolute atomic E-state index is 0.0614. The fourth-order valence-corrected chi connectivity index (χ4v) is 5.47. The van der Waals surface area contributed by atoms with Crippen molar-refractivity contribution in [1.82, 2.24) is 9.97 Å². The number of aromatic nitrogens is 2. The molecule has 0 atom stereocenters. The Hall–Kier alpha value is -6.64. The van der Waals surface area contributed by atoms with Crippen LogP contribution in [0.2, 0.25) is 0 Å². The van der Waals surface area contributed by atoms with Crippen molar-refractivity contribution in [3.8, 4) is 34.4 Å². The summed E-state index contributed by atoms with van der Waals surface area (Å²) in [6, 6.07) is 12.7. The van der Waals surface area contributed by atoms with Crippen molar-refractivity contribution in [1.29, 1.82) is 10.5 Å². The van der Waals surface area contributed by atoms with Crippen molar-refractivity contribution >= 4 is 44.4 Å². The second-order valence-electron chi connectivity index (χ2n) is 10.6. The molecule has 0 saturated heterocycles. The van der Waals surface area contributed by atoms with E-state index in [9.17, 15) is 36.9 Å². The highest BCUT2D eigenvalue weighted by atomic mass is 19.4. The summed E-state index contributed by atoms with van der Waals surface area (Å²) in [5.74, 6) is 0. The zero-order valence-corrected chi connectivity index (χ0v) is 24.4. The maximum Gasteiger partial charge on any atom is 0.417 e. The molecule has 0 fully saturated rings. The monoisotopic (exact) mass is 652 g/mol. The summed E-state index contributed by atoms with van der Waals surface area (Å²) in [7, 11) is 0. The van der Waals surface area contributed by atoms with E-state index in [1.807, 2.05) is 0 Å². The Labute approximate surface area is 265 Å². The number of nitriles is 2. The van der Waals surface area contributed by atoms with Gasteiger partial charge < -0.3 is 8.83 Å². The fraction of sp³-hybridized carbons (Fsp3) is 0.118. The highest BCUT2D eigenvalue weighted by molar-refractivity contribution is 6.21. The van der Waals surface area contributed by atoms with Crippen molar-refractivity contribution < 1.29 is 35.2 Å². The van der Waals surface area contributed by atoms with Crippen LogP contribution in [0.25, 0.3) is 76.3 Å². The molecule has 0 aliphatic carbocycles. The topological polar surface area (TPSA) is 108 Å². The SMILES string of the molecule is [C-]#[N+]/C(C#N)=c1\nc2c(o1)c(-c1ccc(C(F)(F)F)cc1C)cc1cc(-c3ccc(C)cc3C(F)(F)F)c3n/c(=C(/C#N)[N+]#[C-])oc3c12. The van der Waals surface area contributed by atoms with E-state index in [4.69, 9.17) is 22.0 Å². The number of oxazole rings is 2. The molecular weight excluding hydrogens is 638 g/mol. The van der Waals surface area contributed by atoms with E-state index < -0.39 is 46.0 Å². The molecule has 0 bridgehead atoms. The van der Waals surface area contributed by atoms with Crippen LogP contribution in [-0.2, 0) is 12.4 Å². The molecule has 234 valence electrons. The van der Waals surface area contributed by atoms with Gasteiger partial charge in [0.2, 0.25) is 11.1 Å². The molecule has 4 aromatic carbocycles. The summed E-state index contributed by atoms with van der Waals surface area (Å²) in [5, 5.41) is 19.3. The second-order valence-corrected chi connectivity index (χ2v) is 10.6. The number of rotatable bonds is 2. The second kappa shape index (κ2) is 11.0. The smallest absolute Gasteiger partial charge is 0.417 e. The summed E-state index contributed by atoms with van der Waals surface area (Å²) in [6.45, 7) is 17.7. The molecule has 0 N–H and O–H groups in total. The van der Waals surface area contributed by atoms with Crippen LogP contribution in [0.3, 0.4) is 0 Å². The molecule has 0 aliphatic rings. The molecule has 2 heterocycles. The van der Waals surface area contributed by atoms with E-state index in [0.717, 1.165) is 18.2 Å². The maximum absolute atomic E-state index is 14.4. The highest BCUT2D eigenvalue weighted by Gasteiger charge is 2.35. The highest BCUT2D eigenvalue weighted by Crippen LogP contribution is 2.45. The third-order valence-corrected chi connectivity index (χ3v) is 7.56. The average Bonchev–Trinajstić information content (AvgIpc) is 3.66. The lowest BCUT2D eigenvalue weighted by Gasteiger charge is -2.16. The number of benzene rings is 4. The van der Waals surface area contributed by atoms with E-state index >= 15 is 0 Å². The Morgan fingerprint density at radius 1 is 0.708 bits per heavy atom. The molecule has 6 rings (SSSR count). The quantitative estimate of drug-likeness (QED) is 0.138. The van der Waals surface area contributed by atoms with Gasteiger partial charge in [-0.2, -0.15) is 26.3 Å². The van der Waals surface area contributed by atoms with Gasteiger partial charge in [-0.1, -0.05) is 23.8 Å². The minimum atomic E-state index is -4.81. The van der Waals surface area contributed by atoms with Crippen LogP contribution in [-0.4, -0.2) is 9.97 Å². The number of alkyl halides is 6. The third kappa shape index (κ3) is 5.02. The predicted octanol–water partition coefficient (Wildman–Crippen LogP) is 8.21. The van der Waals surface area contributed by atoms with Gasteiger partial charge in [-0.25, -0.2) is 30.2 Å². The first-order chi connectivity index (χ1) is 22.7. The normalized spacial score (nSPS) is 13.2. The number of aryl methyl sites for hydroxylation is 2. The van der Waals surface area contributed by atoms with Crippen molar-refractivity contribution in [3.63, 3.8) is 0 Å². The minimum Gasteiger partial charge on any atom is -0.445 e. The van der Waals surface area contributed by atoms with Crippen LogP contribution >= 0.6 is 0 Å². The molecule has 2 aromatic heterocycles. The number of halogens is 6. The Morgan fingerprint density at radius 3 is 1.85 bits per heavy atom. The van der Waals surface area contributed by atoms with Crippen molar-refractivity contribution in [3.05, 3.63) is 105 Å². The Balaban J connectivity index is 1.87. The summed E-state index contributed by atoms with van der Waals surface area (Å²) in [6.07, 6.45) is -9.46. The van der Waals surface area contributed by atoms with Crippen LogP contribution in [0.1, 0.15) is 22.3 Å². The molecule has 0 unspecified atom stereocenters. The zero-order chi connectivity index (χ0) is 34.7. The fourth-order valence-electron chi connectivity index (χ4n) is 5.47. The first kappa shape index (κ1) is 31.3. The van der Waals surface area contributed by atoms with Gasteiger partial charge in [-0.15, -0.1) is 0 Å². The molecule has 6 aromatic rings. The average molecular weight is 653 g/mol. The maximum atomic E-state index is 14.4. The molecule has 48 heavy (non-hydrogen) atoms. The van der Waals surface area contributed by atoms with Gasteiger partial charge in [0.1, 0.15) is 11.0 Å². The molecule has 0 spiro atoms. The van der Waals surface area contributed by atoms with E-state index in [0.29, 0.717) is 5.56 Å². The Bertz CT molecular complexity index is 2640. The summed E-state index contributed by atoms with van der Waals surface area (Å²) >= 11 is 0. The molecule has 0 saturated carbocycles. The number of hydrogen-bond donors (Lipinski definition) is 0. The van der Waals surface area contributed by atoms with Crippen molar-refractivity contribution in [2.24, 2.45) is 0 Å². The molecule has 8 nitrogen and oxygen atoms in total. The van der Waals surface area contributed by atoms with Gasteiger partial charge in [-0.3, -0.25) is 0 Å². The van der Waals surface area contributed by atoms with Gasteiger partial charge >= 0.3 is 23.7 Å². The van der Waals surface area contributed by atoms with Crippen LogP contribution in [0.15, 0.2) is 57.4 Å². The van der Waals surface area contributed by atoms with Crippen molar-refractivity contribution in [2.45, 2.75) is 26.2 Å². The van der Waals surface area contributed by atoms with Gasteiger partial charge in [-0.05, 0) is 66.3 Å². The summed E-state index contributed by atoms with van der Waals surface area (Å²) in [5.41, 5.74) is -4.01. The molecule has 0 radical (unpaired) electrons. The van der Waals surface area contributed by atoms with E-state index in [2.05, 4.69) is 19.7 Å². The first-order valence-electron chi connectivity index (χ1n) is 13.6. The van der Waals surface area contributed by atoms with Gasteiger partial charge in [0.05, 0.1) is 41.8 Å². The Morgan fingerprint density at radius 2 is 1.29 bits per heavy atom. The van der Waals surface area contributed by atoms with E-state index in [-0.39, 0.29) is 60.8 Å². The third-order valence-electron chi connectivity index (χ3n) is 7.56. The van der Waals surface area contributed by atoms with Crippen molar-refractivity contribution in [2.75, 3.05) is 0 Å². The molecular formula is C34H14F6N6O2. The zero-order valence-electron chi connectivity index (χ0n) is 24.4. The largest absolute Gasteiger partial charge is 0.445 e. The molecule has 0 amide bonds. The number of hydrogen-bond acceptors (Lipinski definition) is 6. The summed E-state index contributed by atoms with van der Waals surface area (Å²) < 4.78 is 95.4. The van der Waals surface area contributed by atoms with Gasteiger partial charge in [0.25, 0.3) is 0 Å². The Kier molecular flexibility index (Phi) is 7.19. The summed E-state index contributed by atoms with van der Waals surface area (Å²) in [4.78, 5) is 14.8. The van der Waals surface area contributed by atoms with Crippen LogP contribution in [0.4, 0.5) is 26.3 Å². The van der Waals surface area contributed by atoms with E-state index in [1.165, 1.54) is 44.2 Å². The van der Waals surface area contributed by atoms with Gasteiger partial charge in [0, 0.05) is 11.1 Å². The molecule has 0 aliphatic heterocycles. The van der Waals surface area contributed by atoms with Crippen LogP contribution in [0, 0.1) is 49.7 Å². The number of nitrogens with zero attached hydrogens (tertiary/aromatic N) is 6. The predicted molar refractivity (Wildman–Crippen MR) is 160 cm³/mol. The lowest BCUT2D eigenvalue weighted by atomic mass is 9.91. The standard InChI is InChI=1S/C34H14F6N6O2/c1-15-5-7-20(23(9-15)34(38,39)40)21-11-17-12-22(19-8-6-18(10-16(19)2)33(35,36)37)29-28(46-32(47-29)25(14-42)44-4)26(17)30-27(21)45-31(48-30)24(13-41)43-3/h5-12H,1-2H3/b31-24+,32-25+. The van der Waals surface area contributed by atoms with Crippen LogP contribution < -0.4 is 11.1 Å². The van der Waals surface area contributed by atoms with E-state index in [1.54, 1.807) is 12.1 Å². The molecule has 14 heteroatoms. The lowest BCUT2D eigenvalue weighted by molar-refractivity contribution is -0.138. The first-order valence-corrected chi connectivity index (χ1v) is 13.6. The van der Waals surface area contributed by atoms with Gasteiger partial charge in [0.15, 0.2) is 11.2 Å². The lowest BCUT2D eigenvalue weighted by Crippen LogP contribution is -2.08. The van der Waals surface area contributed by atoms with Crippen LogP contribution in [0.5, 0.6) is 0 Å².